The monoisotopic (exact) mass is 551 g/mol. The van der Waals surface area contributed by atoms with Crippen molar-refractivity contribution in [2.24, 2.45) is 0 Å². The summed E-state index contributed by atoms with van der Waals surface area (Å²) in [7, 11) is 1.48. The summed E-state index contributed by atoms with van der Waals surface area (Å²) in [5.74, 6) is -0.270. The van der Waals surface area contributed by atoms with Crippen LogP contribution < -0.4 is 9.47 Å². The number of imide groups is 1. The number of methoxy groups -OCH3 is 1. The summed E-state index contributed by atoms with van der Waals surface area (Å²) in [5, 5.41) is 0.585. The standard InChI is InChI=1S/C25H17Cl3FNO4S/c1-33-21-9-15(8-20(28)23(21)34-13-14-2-5-17(26)6-3-14)10-22-24(31)30(25(32)35-22)12-16-4-7-18(29)11-19(16)27/h2-11H,12-13H2,1H3/b22-10-. The fraction of sp³-hybridized carbons (Fsp3) is 0.120. The Morgan fingerprint density at radius 1 is 1.00 bits per heavy atom. The van der Waals surface area contributed by atoms with Crippen LogP contribution in [0.4, 0.5) is 9.18 Å². The molecule has 0 radical (unpaired) electrons. The molecule has 0 saturated carbocycles. The number of rotatable bonds is 7. The molecule has 0 bridgehead atoms. The van der Waals surface area contributed by atoms with E-state index in [1.807, 2.05) is 12.1 Å². The number of amides is 2. The molecule has 180 valence electrons. The zero-order chi connectivity index (χ0) is 25.1. The molecule has 0 aliphatic carbocycles. The van der Waals surface area contributed by atoms with Crippen molar-refractivity contribution in [3.05, 3.63) is 97.1 Å². The first-order valence-corrected chi connectivity index (χ1v) is 12.1. The van der Waals surface area contributed by atoms with E-state index in [0.29, 0.717) is 27.6 Å². The highest BCUT2D eigenvalue weighted by atomic mass is 35.5. The van der Waals surface area contributed by atoms with Gasteiger partial charge in [0.15, 0.2) is 11.5 Å². The van der Waals surface area contributed by atoms with Crippen molar-refractivity contribution in [1.82, 2.24) is 4.90 Å². The summed E-state index contributed by atoms with van der Waals surface area (Å²) in [5.41, 5.74) is 1.91. The van der Waals surface area contributed by atoms with Crippen molar-refractivity contribution in [3.8, 4) is 11.5 Å². The number of thioether (sulfide) groups is 1. The van der Waals surface area contributed by atoms with Gasteiger partial charge in [0.25, 0.3) is 11.1 Å². The average Bonchev–Trinajstić information content (AvgIpc) is 3.08. The second kappa shape index (κ2) is 10.9. The quantitative estimate of drug-likeness (QED) is 0.282. The number of carbonyl (C=O) groups is 2. The summed E-state index contributed by atoms with van der Waals surface area (Å²) in [6.45, 7) is 0.181. The molecule has 0 N–H and O–H groups in total. The van der Waals surface area contributed by atoms with E-state index in [1.54, 1.807) is 30.3 Å². The van der Waals surface area contributed by atoms with Crippen LogP contribution >= 0.6 is 46.6 Å². The third-order valence-electron chi connectivity index (χ3n) is 5.06. The van der Waals surface area contributed by atoms with Crippen LogP contribution in [-0.2, 0) is 17.9 Å². The third kappa shape index (κ3) is 5.93. The van der Waals surface area contributed by atoms with Crippen LogP contribution in [0.3, 0.4) is 0 Å². The first-order valence-electron chi connectivity index (χ1n) is 10.2. The van der Waals surface area contributed by atoms with E-state index in [9.17, 15) is 14.0 Å². The van der Waals surface area contributed by atoms with Crippen LogP contribution in [0.15, 0.2) is 59.5 Å². The molecule has 1 aliphatic heterocycles. The van der Waals surface area contributed by atoms with Gasteiger partial charge in [-0.05, 0) is 70.9 Å². The molecule has 1 fully saturated rings. The van der Waals surface area contributed by atoms with E-state index in [1.165, 1.54) is 19.2 Å². The fourth-order valence-electron chi connectivity index (χ4n) is 3.31. The maximum absolute atomic E-state index is 13.3. The van der Waals surface area contributed by atoms with Gasteiger partial charge in [0.05, 0.1) is 23.6 Å². The normalized spacial score (nSPS) is 14.7. The molecule has 2 amide bonds. The number of hydrogen-bond acceptors (Lipinski definition) is 5. The van der Waals surface area contributed by atoms with Crippen LogP contribution in [0, 0.1) is 5.82 Å². The smallest absolute Gasteiger partial charge is 0.293 e. The van der Waals surface area contributed by atoms with Crippen LogP contribution in [0.1, 0.15) is 16.7 Å². The van der Waals surface area contributed by atoms with Crippen molar-refractivity contribution in [1.29, 1.82) is 0 Å². The maximum Gasteiger partial charge on any atom is 0.293 e. The lowest BCUT2D eigenvalue weighted by Gasteiger charge is -2.14. The molecule has 1 heterocycles. The molecular weight excluding hydrogens is 536 g/mol. The molecule has 10 heteroatoms. The van der Waals surface area contributed by atoms with Gasteiger partial charge >= 0.3 is 0 Å². The molecule has 0 aromatic heterocycles. The Hall–Kier alpha value is -2.71. The van der Waals surface area contributed by atoms with Crippen molar-refractivity contribution >= 4 is 63.8 Å². The van der Waals surface area contributed by atoms with E-state index in [-0.39, 0.29) is 28.1 Å². The number of benzene rings is 3. The van der Waals surface area contributed by atoms with Crippen LogP contribution in [0.2, 0.25) is 15.1 Å². The second-order valence-electron chi connectivity index (χ2n) is 7.45. The summed E-state index contributed by atoms with van der Waals surface area (Å²) in [4.78, 5) is 26.6. The molecule has 0 unspecified atom stereocenters. The Morgan fingerprint density at radius 2 is 1.74 bits per heavy atom. The Labute approximate surface area is 220 Å². The van der Waals surface area contributed by atoms with Gasteiger partial charge in [0.2, 0.25) is 0 Å². The van der Waals surface area contributed by atoms with Gasteiger partial charge in [0.1, 0.15) is 12.4 Å². The minimum Gasteiger partial charge on any atom is -0.493 e. The second-order valence-corrected chi connectivity index (χ2v) is 9.70. The van der Waals surface area contributed by atoms with Crippen LogP contribution in [-0.4, -0.2) is 23.2 Å². The minimum atomic E-state index is -0.501. The number of hydrogen-bond donors (Lipinski definition) is 0. The molecule has 0 spiro atoms. The average molecular weight is 553 g/mol. The van der Waals surface area contributed by atoms with Gasteiger partial charge in [-0.3, -0.25) is 14.5 Å². The van der Waals surface area contributed by atoms with Crippen molar-refractivity contribution in [3.63, 3.8) is 0 Å². The molecule has 35 heavy (non-hydrogen) atoms. The highest BCUT2D eigenvalue weighted by molar-refractivity contribution is 8.18. The van der Waals surface area contributed by atoms with Gasteiger partial charge in [-0.25, -0.2) is 4.39 Å². The largest absolute Gasteiger partial charge is 0.493 e. The summed E-state index contributed by atoms with van der Waals surface area (Å²) >= 11 is 19.2. The van der Waals surface area contributed by atoms with Gasteiger partial charge < -0.3 is 9.47 Å². The summed E-state index contributed by atoms with van der Waals surface area (Å²) in [6.07, 6.45) is 1.55. The lowest BCUT2D eigenvalue weighted by atomic mass is 10.1. The number of halogens is 4. The first kappa shape index (κ1) is 25.4. The summed E-state index contributed by atoms with van der Waals surface area (Å²) in [6, 6.07) is 14.3. The maximum atomic E-state index is 13.3. The Bertz CT molecular complexity index is 1330. The van der Waals surface area contributed by atoms with Crippen molar-refractivity contribution in [2.45, 2.75) is 13.2 Å². The zero-order valence-electron chi connectivity index (χ0n) is 18.2. The highest BCUT2D eigenvalue weighted by Crippen LogP contribution is 2.40. The predicted molar refractivity (Wildman–Crippen MR) is 137 cm³/mol. The molecule has 0 atom stereocenters. The topological polar surface area (TPSA) is 55.8 Å². The van der Waals surface area contributed by atoms with Crippen LogP contribution in [0.25, 0.3) is 6.08 Å². The zero-order valence-corrected chi connectivity index (χ0v) is 21.3. The van der Waals surface area contributed by atoms with E-state index in [2.05, 4.69) is 0 Å². The van der Waals surface area contributed by atoms with E-state index >= 15 is 0 Å². The number of carbonyl (C=O) groups excluding carboxylic acids is 2. The number of nitrogens with zero attached hydrogens (tertiary/aromatic N) is 1. The molecule has 1 saturated heterocycles. The Kier molecular flexibility index (Phi) is 7.91. The van der Waals surface area contributed by atoms with E-state index < -0.39 is 17.0 Å². The minimum absolute atomic E-state index is 0.0668. The van der Waals surface area contributed by atoms with E-state index in [0.717, 1.165) is 28.3 Å². The number of ether oxygens (including phenoxy) is 2. The lowest BCUT2D eigenvalue weighted by molar-refractivity contribution is -0.123. The van der Waals surface area contributed by atoms with Crippen molar-refractivity contribution in [2.75, 3.05) is 7.11 Å². The van der Waals surface area contributed by atoms with Gasteiger partial charge in [-0.1, -0.05) is 53.0 Å². The lowest BCUT2D eigenvalue weighted by Crippen LogP contribution is -2.27. The molecule has 5 nitrogen and oxygen atoms in total. The fourth-order valence-corrected chi connectivity index (χ4v) is 4.77. The molecule has 3 aromatic carbocycles. The highest BCUT2D eigenvalue weighted by Gasteiger charge is 2.35. The Balaban J connectivity index is 1.53. The molecular formula is C25H17Cl3FNO4S. The third-order valence-corrected chi connectivity index (χ3v) is 6.86. The first-order chi connectivity index (χ1) is 16.7. The Morgan fingerprint density at radius 3 is 2.43 bits per heavy atom. The SMILES string of the molecule is COc1cc(/C=C2\SC(=O)N(Cc3ccc(F)cc3Cl)C2=O)cc(Cl)c1OCc1ccc(Cl)cc1. The van der Waals surface area contributed by atoms with Crippen molar-refractivity contribution < 1.29 is 23.5 Å². The van der Waals surface area contributed by atoms with Crippen LogP contribution in [0.5, 0.6) is 11.5 Å². The van der Waals surface area contributed by atoms with Gasteiger partial charge in [-0.2, -0.15) is 0 Å². The predicted octanol–water partition coefficient (Wildman–Crippen LogP) is 7.61. The molecule has 3 aromatic rings. The molecule has 4 rings (SSSR count). The van der Waals surface area contributed by atoms with Gasteiger partial charge in [-0.15, -0.1) is 0 Å². The summed E-state index contributed by atoms with van der Waals surface area (Å²) < 4.78 is 24.6. The van der Waals surface area contributed by atoms with E-state index in [4.69, 9.17) is 44.3 Å². The molecule has 1 aliphatic rings. The van der Waals surface area contributed by atoms with Gasteiger partial charge in [0, 0.05) is 10.0 Å².